The monoisotopic (exact) mass is 456 g/mol. The summed E-state index contributed by atoms with van der Waals surface area (Å²) in [7, 11) is 0. The smallest absolute Gasteiger partial charge is 0.221 e. The van der Waals surface area contributed by atoms with E-state index in [9.17, 15) is 4.79 Å². The number of nitrogens with zero attached hydrogens (tertiary/aromatic N) is 1. The molecule has 0 atom stereocenters. The molecule has 0 unspecified atom stereocenters. The molecule has 2 rings (SSSR count). The Morgan fingerprint density at radius 1 is 1.20 bits per heavy atom. The summed E-state index contributed by atoms with van der Waals surface area (Å²) in [5.74, 6) is 1.62. The van der Waals surface area contributed by atoms with Crippen molar-refractivity contribution in [1.82, 2.24) is 10.6 Å². The van der Waals surface area contributed by atoms with Gasteiger partial charge in [-0.1, -0.05) is 12.1 Å². The number of amides is 1. The van der Waals surface area contributed by atoms with E-state index in [0.29, 0.717) is 6.54 Å². The Hall–Kier alpha value is -2.03. The lowest BCUT2D eigenvalue weighted by molar-refractivity contribution is -0.114. The van der Waals surface area contributed by atoms with Crippen molar-refractivity contribution in [3.05, 3.63) is 54.0 Å². The highest BCUT2D eigenvalue weighted by molar-refractivity contribution is 14.0. The highest BCUT2D eigenvalue weighted by atomic mass is 127. The fourth-order valence-corrected chi connectivity index (χ4v) is 2.22. The number of carbonyl (C=O) groups is 1. The Balaban J connectivity index is 0.00000312. The largest absolute Gasteiger partial charge is 0.469 e. The number of hydrogen-bond acceptors (Lipinski definition) is 3. The van der Waals surface area contributed by atoms with Crippen LogP contribution in [0, 0.1) is 0 Å². The molecule has 0 fully saturated rings. The number of guanidine groups is 1. The van der Waals surface area contributed by atoms with Crippen molar-refractivity contribution in [2.45, 2.75) is 26.8 Å². The predicted molar refractivity (Wildman–Crippen MR) is 111 cm³/mol. The molecule has 0 saturated carbocycles. The van der Waals surface area contributed by atoms with E-state index in [-0.39, 0.29) is 29.9 Å². The Kier molecular flexibility index (Phi) is 9.68. The molecule has 0 aliphatic carbocycles. The number of nitrogens with one attached hydrogen (secondary N) is 3. The minimum Gasteiger partial charge on any atom is -0.469 e. The fraction of sp³-hybridized carbons (Fsp3) is 0.333. The molecule has 0 bridgehead atoms. The van der Waals surface area contributed by atoms with Crippen molar-refractivity contribution in [2.75, 3.05) is 18.4 Å². The molecule has 0 aliphatic rings. The average Bonchev–Trinajstić information content (AvgIpc) is 3.06. The Labute approximate surface area is 165 Å². The summed E-state index contributed by atoms with van der Waals surface area (Å²) in [4.78, 5) is 15.7. The number of carbonyl (C=O) groups excluding carboxylic acids is 1. The quantitative estimate of drug-likeness (QED) is 0.340. The zero-order chi connectivity index (χ0) is 17.2. The highest BCUT2D eigenvalue weighted by Gasteiger charge is 2.01. The SMILES string of the molecule is CCNC(=NCc1cccc(NC(C)=O)c1)NCCc1ccco1.I. The normalized spacial score (nSPS) is 10.7. The summed E-state index contributed by atoms with van der Waals surface area (Å²) >= 11 is 0. The molecule has 0 aliphatic heterocycles. The van der Waals surface area contributed by atoms with Crippen LogP contribution in [0.15, 0.2) is 52.1 Å². The molecule has 0 saturated heterocycles. The first-order chi connectivity index (χ1) is 11.7. The number of hydrogen-bond donors (Lipinski definition) is 3. The first kappa shape index (κ1) is 21.0. The molecule has 136 valence electrons. The van der Waals surface area contributed by atoms with E-state index in [4.69, 9.17) is 4.42 Å². The van der Waals surface area contributed by atoms with E-state index in [1.54, 1.807) is 6.26 Å². The molecule has 0 radical (unpaired) electrons. The van der Waals surface area contributed by atoms with Crippen LogP contribution in [0.4, 0.5) is 5.69 Å². The minimum absolute atomic E-state index is 0. The summed E-state index contributed by atoms with van der Waals surface area (Å²) in [6, 6.07) is 11.5. The molecule has 1 amide bonds. The van der Waals surface area contributed by atoms with E-state index in [1.807, 2.05) is 43.3 Å². The number of anilines is 1. The zero-order valence-corrected chi connectivity index (χ0v) is 16.9. The summed E-state index contributed by atoms with van der Waals surface area (Å²) in [5.41, 5.74) is 1.82. The summed E-state index contributed by atoms with van der Waals surface area (Å²) in [6.07, 6.45) is 2.48. The van der Waals surface area contributed by atoms with Gasteiger partial charge in [-0.2, -0.15) is 0 Å². The fourth-order valence-electron chi connectivity index (χ4n) is 2.22. The Morgan fingerprint density at radius 2 is 2.04 bits per heavy atom. The van der Waals surface area contributed by atoms with Crippen LogP contribution >= 0.6 is 24.0 Å². The van der Waals surface area contributed by atoms with Crippen LogP contribution < -0.4 is 16.0 Å². The van der Waals surface area contributed by atoms with Gasteiger partial charge in [0, 0.05) is 32.1 Å². The maximum atomic E-state index is 11.1. The summed E-state index contributed by atoms with van der Waals surface area (Å²) in [5, 5.41) is 9.28. The maximum absolute atomic E-state index is 11.1. The van der Waals surface area contributed by atoms with E-state index in [1.165, 1.54) is 6.92 Å². The second kappa shape index (κ2) is 11.5. The summed E-state index contributed by atoms with van der Waals surface area (Å²) in [6.45, 7) is 5.59. The lowest BCUT2D eigenvalue weighted by Gasteiger charge is -2.11. The molecule has 0 spiro atoms. The van der Waals surface area contributed by atoms with Crippen LogP contribution in [0.25, 0.3) is 0 Å². The van der Waals surface area contributed by atoms with Crippen LogP contribution in [-0.4, -0.2) is 25.0 Å². The van der Waals surface area contributed by atoms with Gasteiger partial charge in [-0.25, -0.2) is 4.99 Å². The van der Waals surface area contributed by atoms with Crippen LogP contribution in [0.5, 0.6) is 0 Å². The number of aliphatic imine (C=N–C) groups is 1. The molecule has 1 aromatic heterocycles. The third-order valence-corrected chi connectivity index (χ3v) is 3.26. The second-order valence-corrected chi connectivity index (χ2v) is 5.33. The third-order valence-electron chi connectivity index (χ3n) is 3.26. The van der Waals surface area contributed by atoms with Crippen LogP contribution in [0.3, 0.4) is 0 Å². The van der Waals surface area contributed by atoms with Gasteiger partial charge in [-0.3, -0.25) is 4.79 Å². The first-order valence-electron chi connectivity index (χ1n) is 8.08. The van der Waals surface area contributed by atoms with Crippen molar-refractivity contribution < 1.29 is 9.21 Å². The molecule has 1 aromatic carbocycles. The van der Waals surface area contributed by atoms with Crippen molar-refractivity contribution in [3.8, 4) is 0 Å². The van der Waals surface area contributed by atoms with Crippen LogP contribution in [0.1, 0.15) is 25.2 Å². The van der Waals surface area contributed by atoms with Gasteiger partial charge in [-0.15, -0.1) is 24.0 Å². The average molecular weight is 456 g/mol. The molecule has 7 heteroatoms. The predicted octanol–water partition coefficient (Wildman–Crippen LogP) is 3.15. The van der Waals surface area contributed by atoms with Gasteiger partial charge < -0.3 is 20.4 Å². The minimum atomic E-state index is -0.0800. The van der Waals surface area contributed by atoms with Gasteiger partial charge >= 0.3 is 0 Å². The molecule has 2 aromatic rings. The second-order valence-electron chi connectivity index (χ2n) is 5.33. The van der Waals surface area contributed by atoms with Gasteiger partial charge in [0.1, 0.15) is 5.76 Å². The topological polar surface area (TPSA) is 78.7 Å². The first-order valence-corrected chi connectivity index (χ1v) is 8.08. The number of rotatable bonds is 7. The third kappa shape index (κ3) is 8.06. The van der Waals surface area contributed by atoms with Gasteiger partial charge in [-0.05, 0) is 36.8 Å². The molecular formula is C18H25IN4O2. The molecule has 3 N–H and O–H groups in total. The van der Waals surface area contributed by atoms with Crippen molar-refractivity contribution in [1.29, 1.82) is 0 Å². The van der Waals surface area contributed by atoms with Crippen LogP contribution in [-0.2, 0) is 17.8 Å². The lowest BCUT2D eigenvalue weighted by atomic mass is 10.2. The van der Waals surface area contributed by atoms with Crippen molar-refractivity contribution in [2.24, 2.45) is 4.99 Å². The zero-order valence-electron chi connectivity index (χ0n) is 14.5. The number of benzene rings is 1. The Bertz CT molecular complexity index is 671. The van der Waals surface area contributed by atoms with Gasteiger partial charge in [0.2, 0.25) is 5.91 Å². The van der Waals surface area contributed by atoms with Crippen LogP contribution in [0.2, 0.25) is 0 Å². The van der Waals surface area contributed by atoms with E-state index in [0.717, 1.165) is 42.5 Å². The van der Waals surface area contributed by atoms with E-state index >= 15 is 0 Å². The maximum Gasteiger partial charge on any atom is 0.221 e. The molecule has 6 nitrogen and oxygen atoms in total. The van der Waals surface area contributed by atoms with E-state index < -0.39 is 0 Å². The lowest BCUT2D eigenvalue weighted by Crippen LogP contribution is -2.38. The standard InChI is InChI=1S/C18H24N4O2.HI/c1-3-19-18(20-10-9-17-8-5-11-24-17)21-13-15-6-4-7-16(12-15)22-14(2)23;/h4-8,11-12H,3,9-10,13H2,1-2H3,(H,22,23)(H2,19,20,21);1H. The van der Waals surface area contributed by atoms with Gasteiger partial charge in [0.15, 0.2) is 5.96 Å². The van der Waals surface area contributed by atoms with Gasteiger partial charge in [0.05, 0.1) is 12.8 Å². The van der Waals surface area contributed by atoms with Gasteiger partial charge in [0.25, 0.3) is 0 Å². The number of halogens is 1. The molecular weight excluding hydrogens is 431 g/mol. The number of furan rings is 1. The molecule has 1 heterocycles. The summed E-state index contributed by atoms with van der Waals surface area (Å²) < 4.78 is 5.31. The van der Waals surface area contributed by atoms with Crippen molar-refractivity contribution in [3.63, 3.8) is 0 Å². The van der Waals surface area contributed by atoms with E-state index in [2.05, 4.69) is 20.9 Å². The Morgan fingerprint density at radius 3 is 2.72 bits per heavy atom. The van der Waals surface area contributed by atoms with Crippen molar-refractivity contribution >= 4 is 41.5 Å². The highest BCUT2D eigenvalue weighted by Crippen LogP contribution is 2.11. The molecule has 25 heavy (non-hydrogen) atoms.